The fourth-order valence-electron chi connectivity index (χ4n) is 1.69. The van der Waals surface area contributed by atoms with Crippen molar-refractivity contribution < 1.29 is 9.18 Å². The minimum Gasteiger partial charge on any atom is -0.326 e. The Hall–Kier alpha value is -1.42. The number of anilines is 1. The van der Waals surface area contributed by atoms with Gasteiger partial charge in [-0.05, 0) is 30.5 Å². The van der Waals surface area contributed by atoms with Gasteiger partial charge in [0.15, 0.2) is 0 Å². The molecule has 16 heavy (non-hydrogen) atoms. The van der Waals surface area contributed by atoms with Crippen LogP contribution in [0.3, 0.4) is 0 Å². The molecule has 0 unspecified atom stereocenters. The Bertz CT molecular complexity index is 402. The molecule has 4 heteroatoms. The second-order valence-electron chi connectivity index (χ2n) is 4.14. The van der Waals surface area contributed by atoms with Crippen LogP contribution in [0.25, 0.3) is 0 Å². The van der Waals surface area contributed by atoms with Crippen molar-refractivity contribution in [1.29, 1.82) is 0 Å². The zero-order valence-corrected chi connectivity index (χ0v) is 9.00. The lowest BCUT2D eigenvalue weighted by Crippen LogP contribution is -2.28. The molecule has 1 amide bonds. The Morgan fingerprint density at radius 3 is 2.75 bits per heavy atom. The van der Waals surface area contributed by atoms with Crippen molar-refractivity contribution in [1.82, 2.24) is 0 Å². The zero-order chi connectivity index (χ0) is 11.5. The van der Waals surface area contributed by atoms with E-state index in [1.165, 1.54) is 6.07 Å². The first-order valence-corrected chi connectivity index (χ1v) is 5.50. The van der Waals surface area contributed by atoms with Gasteiger partial charge in [0.1, 0.15) is 5.82 Å². The highest BCUT2D eigenvalue weighted by molar-refractivity contribution is 5.93. The number of benzene rings is 1. The van der Waals surface area contributed by atoms with E-state index < -0.39 is 5.82 Å². The third-order valence-electron chi connectivity index (χ3n) is 3.00. The molecule has 1 saturated carbocycles. The average Bonchev–Trinajstić information content (AvgIpc) is 2.18. The van der Waals surface area contributed by atoms with Crippen molar-refractivity contribution >= 4 is 11.6 Å². The van der Waals surface area contributed by atoms with Crippen LogP contribution in [0.2, 0.25) is 0 Å². The largest absolute Gasteiger partial charge is 0.326 e. The highest BCUT2D eigenvalue weighted by Gasteiger charge is 2.25. The molecule has 1 aliphatic carbocycles. The molecule has 0 heterocycles. The van der Waals surface area contributed by atoms with Gasteiger partial charge in [0.05, 0.1) is 5.69 Å². The van der Waals surface area contributed by atoms with Gasteiger partial charge >= 0.3 is 0 Å². The van der Waals surface area contributed by atoms with Gasteiger partial charge in [-0.2, -0.15) is 0 Å². The quantitative estimate of drug-likeness (QED) is 0.822. The van der Waals surface area contributed by atoms with Crippen molar-refractivity contribution in [3.63, 3.8) is 0 Å². The van der Waals surface area contributed by atoms with E-state index in [0.29, 0.717) is 6.54 Å². The Morgan fingerprint density at radius 1 is 1.50 bits per heavy atom. The normalized spacial score (nSPS) is 15.6. The number of nitrogens with two attached hydrogens (primary N) is 1. The van der Waals surface area contributed by atoms with E-state index in [1.807, 2.05) is 0 Å². The van der Waals surface area contributed by atoms with Gasteiger partial charge in [0, 0.05) is 12.5 Å². The maximum atomic E-state index is 13.5. The fourth-order valence-corrected chi connectivity index (χ4v) is 1.69. The molecule has 3 nitrogen and oxygen atoms in total. The highest BCUT2D eigenvalue weighted by atomic mass is 19.1. The average molecular weight is 222 g/mol. The van der Waals surface area contributed by atoms with E-state index in [1.54, 1.807) is 12.1 Å². The molecule has 1 fully saturated rings. The highest BCUT2D eigenvalue weighted by Crippen LogP contribution is 2.28. The number of hydrogen-bond acceptors (Lipinski definition) is 2. The molecule has 0 atom stereocenters. The first-order chi connectivity index (χ1) is 7.70. The number of nitrogens with one attached hydrogen (secondary N) is 1. The lowest BCUT2D eigenvalue weighted by molar-refractivity contribution is -0.122. The molecule has 1 aromatic carbocycles. The number of carbonyl (C=O) groups excluding carboxylic acids is 1. The monoisotopic (exact) mass is 222 g/mol. The summed E-state index contributed by atoms with van der Waals surface area (Å²) in [5.41, 5.74) is 6.36. The van der Waals surface area contributed by atoms with E-state index in [0.717, 1.165) is 24.8 Å². The van der Waals surface area contributed by atoms with Crippen LogP contribution in [0, 0.1) is 11.7 Å². The first-order valence-electron chi connectivity index (χ1n) is 5.50. The zero-order valence-electron chi connectivity index (χ0n) is 9.00. The molecule has 0 saturated heterocycles. The molecule has 86 valence electrons. The van der Waals surface area contributed by atoms with Gasteiger partial charge in [-0.3, -0.25) is 4.79 Å². The molecule has 1 aromatic rings. The number of rotatable bonds is 3. The molecule has 0 aliphatic heterocycles. The SMILES string of the molecule is NCc1ccc(NC(=O)C2CCC2)c(F)c1. The van der Waals surface area contributed by atoms with Crippen LogP contribution in [0.15, 0.2) is 18.2 Å². The van der Waals surface area contributed by atoms with Gasteiger partial charge in [-0.15, -0.1) is 0 Å². The number of amides is 1. The second kappa shape index (κ2) is 4.61. The number of hydrogen-bond donors (Lipinski definition) is 2. The molecule has 0 aromatic heterocycles. The Morgan fingerprint density at radius 2 is 2.25 bits per heavy atom. The Labute approximate surface area is 93.8 Å². The van der Waals surface area contributed by atoms with Crippen LogP contribution in [-0.4, -0.2) is 5.91 Å². The van der Waals surface area contributed by atoms with E-state index in [9.17, 15) is 9.18 Å². The minimum absolute atomic E-state index is 0.0635. The van der Waals surface area contributed by atoms with Gasteiger partial charge in [0.25, 0.3) is 0 Å². The lowest BCUT2D eigenvalue weighted by Gasteiger charge is -2.24. The third kappa shape index (κ3) is 2.22. The van der Waals surface area contributed by atoms with E-state index >= 15 is 0 Å². The van der Waals surface area contributed by atoms with Crippen molar-refractivity contribution in [3.05, 3.63) is 29.6 Å². The van der Waals surface area contributed by atoms with Gasteiger partial charge in [-0.1, -0.05) is 12.5 Å². The summed E-state index contributed by atoms with van der Waals surface area (Å²) in [6.07, 6.45) is 2.91. The van der Waals surface area contributed by atoms with Crippen molar-refractivity contribution in [2.75, 3.05) is 5.32 Å². The smallest absolute Gasteiger partial charge is 0.227 e. The second-order valence-corrected chi connectivity index (χ2v) is 4.14. The fraction of sp³-hybridized carbons (Fsp3) is 0.417. The van der Waals surface area contributed by atoms with Gasteiger partial charge < -0.3 is 11.1 Å². The molecule has 2 rings (SSSR count). The summed E-state index contributed by atoms with van der Waals surface area (Å²) in [6.45, 7) is 0.299. The summed E-state index contributed by atoms with van der Waals surface area (Å²) in [4.78, 5) is 11.6. The van der Waals surface area contributed by atoms with Gasteiger partial charge in [-0.25, -0.2) is 4.39 Å². The molecule has 1 aliphatic rings. The predicted octanol–water partition coefficient (Wildman–Crippen LogP) is 2.02. The van der Waals surface area contributed by atoms with Gasteiger partial charge in [0.2, 0.25) is 5.91 Å². The minimum atomic E-state index is -0.421. The van der Waals surface area contributed by atoms with Crippen LogP contribution in [-0.2, 0) is 11.3 Å². The number of halogens is 1. The molecular formula is C12H15FN2O. The molecule has 3 N–H and O–H groups in total. The Kier molecular flexibility index (Phi) is 3.19. The van der Waals surface area contributed by atoms with Crippen molar-refractivity contribution in [3.8, 4) is 0 Å². The van der Waals surface area contributed by atoms with E-state index in [-0.39, 0.29) is 17.5 Å². The third-order valence-corrected chi connectivity index (χ3v) is 3.00. The summed E-state index contributed by atoms with van der Waals surface area (Å²) in [6, 6.07) is 4.64. The maximum Gasteiger partial charge on any atom is 0.227 e. The Balaban J connectivity index is 2.06. The summed E-state index contributed by atoms with van der Waals surface area (Å²) in [5.74, 6) is -0.435. The number of carbonyl (C=O) groups is 1. The van der Waals surface area contributed by atoms with E-state index in [4.69, 9.17) is 5.73 Å². The van der Waals surface area contributed by atoms with Crippen LogP contribution in [0.5, 0.6) is 0 Å². The van der Waals surface area contributed by atoms with Crippen LogP contribution in [0.1, 0.15) is 24.8 Å². The van der Waals surface area contributed by atoms with E-state index in [2.05, 4.69) is 5.32 Å². The van der Waals surface area contributed by atoms with Crippen LogP contribution in [0.4, 0.5) is 10.1 Å². The molecule has 0 spiro atoms. The van der Waals surface area contributed by atoms with Crippen LogP contribution < -0.4 is 11.1 Å². The van der Waals surface area contributed by atoms with Crippen molar-refractivity contribution in [2.45, 2.75) is 25.8 Å². The van der Waals surface area contributed by atoms with Crippen molar-refractivity contribution in [2.24, 2.45) is 11.7 Å². The molecule has 0 radical (unpaired) electrons. The molecular weight excluding hydrogens is 207 g/mol. The maximum absolute atomic E-state index is 13.5. The molecule has 0 bridgehead atoms. The standard InChI is InChI=1S/C12H15FN2O/c13-10-6-8(7-14)4-5-11(10)15-12(16)9-2-1-3-9/h4-6,9H,1-3,7,14H2,(H,15,16). The predicted molar refractivity (Wildman–Crippen MR) is 60.3 cm³/mol. The summed E-state index contributed by atoms with van der Waals surface area (Å²) in [7, 11) is 0. The summed E-state index contributed by atoms with van der Waals surface area (Å²) in [5, 5.41) is 2.61. The summed E-state index contributed by atoms with van der Waals surface area (Å²) >= 11 is 0. The topological polar surface area (TPSA) is 55.1 Å². The summed E-state index contributed by atoms with van der Waals surface area (Å²) < 4.78 is 13.5. The first kappa shape index (κ1) is 11.1. The lowest BCUT2D eigenvalue weighted by atomic mass is 9.85. The van der Waals surface area contributed by atoms with Crippen LogP contribution >= 0.6 is 0 Å².